The highest BCUT2D eigenvalue weighted by molar-refractivity contribution is 7.98. The maximum Gasteiger partial charge on any atom is 0.412 e. The molecule has 0 saturated carbocycles. The number of hydrogen-bond donors (Lipinski definition) is 0. The molecule has 0 fully saturated rings. The number of rotatable bonds is 4. The van der Waals surface area contributed by atoms with Gasteiger partial charge in [0.15, 0.2) is 0 Å². The summed E-state index contributed by atoms with van der Waals surface area (Å²) in [4.78, 5) is 10.7. The van der Waals surface area contributed by atoms with Crippen LogP contribution in [0.15, 0.2) is 58.2 Å². The Labute approximate surface area is 125 Å². The number of nitro benzene ring substituents is 1. The maximum atomic E-state index is 11.0. The molecule has 0 spiro atoms. The van der Waals surface area contributed by atoms with E-state index in [1.54, 1.807) is 12.1 Å². The third-order valence-electron chi connectivity index (χ3n) is 3.24. The van der Waals surface area contributed by atoms with Crippen LogP contribution in [-0.2, 0) is 12.8 Å². The largest absolute Gasteiger partial charge is 0.412 e. The van der Waals surface area contributed by atoms with Gasteiger partial charge in [-0.1, -0.05) is 30.3 Å². The van der Waals surface area contributed by atoms with Crippen molar-refractivity contribution in [2.45, 2.75) is 11.0 Å². The first-order chi connectivity index (χ1) is 10.2. The molecule has 0 aliphatic heterocycles. The minimum Gasteiger partial charge on any atom is -0.393 e. The number of thioether (sulfide) groups is 1. The van der Waals surface area contributed by atoms with Gasteiger partial charge in [-0.25, -0.2) is 0 Å². The van der Waals surface area contributed by atoms with E-state index in [1.807, 2.05) is 41.9 Å². The van der Waals surface area contributed by atoms with Crippen molar-refractivity contribution >= 4 is 28.5 Å². The number of nitro groups is 1. The lowest BCUT2D eigenvalue weighted by atomic mass is 10.2. The summed E-state index contributed by atoms with van der Waals surface area (Å²) in [5.74, 6) is 0.491. The Bertz CT molecular complexity index is 814. The summed E-state index contributed by atoms with van der Waals surface area (Å²) in [6.07, 6.45) is 0. The molecule has 0 amide bonds. The number of aromatic nitrogens is 1. The second-order valence-corrected chi connectivity index (χ2v) is 5.50. The molecule has 6 heteroatoms. The van der Waals surface area contributed by atoms with E-state index in [1.165, 1.54) is 17.8 Å². The normalized spacial score (nSPS) is 10.9. The van der Waals surface area contributed by atoms with Gasteiger partial charge in [-0.3, -0.25) is 10.1 Å². The van der Waals surface area contributed by atoms with Crippen LogP contribution in [0.25, 0.3) is 11.1 Å². The van der Waals surface area contributed by atoms with Gasteiger partial charge in [0.05, 0.1) is 4.92 Å². The van der Waals surface area contributed by atoms with Crippen LogP contribution in [0, 0.1) is 10.1 Å². The lowest BCUT2D eigenvalue weighted by molar-refractivity contribution is -0.692. The zero-order chi connectivity index (χ0) is 14.8. The highest BCUT2D eigenvalue weighted by Gasteiger charge is 2.21. The first-order valence-corrected chi connectivity index (χ1v) is 7.38. The van der Waals surface area contributed by atoms with Crippen molar-refractivity contribution in [1.29, 1.82) is 0 Å². The van der Waals surface area contributed by atoms with E-state index in [0.29, 0.717) is 11.3 Å². The van der Waals surface area contributed by atoms with Crippen molar-refractivity contribution in [2.75, 3.05) is 0 Å². The van der Waals surface area contributed by atoms with Gasteiger partial charge in [0.1, 0.15) is 7.05 Å². The molecule has 2 aromatic carbocycles. The Morgan fingerprint density at radius 2 is 1.90 bits per heavy atom. The first kappa shape index (κ1) is 13.6. The second-order valence-electron chi connectivity index (χ2n) is 4.57. The maximum absolute atomic E-state index is 11.0. The number of fused-ring (bicyclic) bond motifs is 1. The number of nitrogens with zero attached hydrogens (tertiary/aromatic N) is 2. The summed E-state index contributed by atoms with van der Waals surface area (Å²) >= 11 is 1.45. The van der Waals surface area contributed by atoms with Crippen molar-refractivity contribution in [3.8, 4) is 0 Å². The van der Waals surface area contributed by atoms with Crippen LogP contribution < -0.4 is 4.57 Å². The molecule has 0 saturated heterocycles. The first-order valence-electron chi connectivity index (χ1n) is 6.39. The van der Waals surface area contributed by atoms with Gasteiger partial charge in [0, 0.05) is 23.4 Å². The van der Waals surface area contributed by atoms with Crippen molar-refractivity contribution in [3.05, 3.63) is 64.2 Å². The van der Waals surface area contributed by atoms with Crippen molar-refractivity contribution in [1.82, 2.24) is 0 Å². The van der Waals surface area contributed by atoms with Crippen molar-refractivity contribution < 1.29 is 13.9 Å². The van der Waals surface area contributed by atoms with Crippen molar-refractivity contribution in [2.24, 2.45) is 7.05 Å². The SMILES string of the molecule is C[n+]1c(SCc2ccccc2[N+](=O)[O-])oc2ccccc21. The molecule has 5 nitrogen and oxygen atoms in total. The Morgan fingerprint density at radius 3 is 2.67 bits per heavy atom. The summed E-state index contributed by atoms with van der Waals surface area (Å²) < 4.78 is 7.73. The molecule has 0 radical (unpaired) electrons. The topological polar surface area (TPSA) is 60.2 Å². The highest BCUT2D eigenvalue weighted by Crippen LogP contribution is 2.28. The smallest absolute Gasteiger partial charge is 0.393 e. The minimum atomic E-state index is -0.353. The van der Waals surface area contributed by atoms with E-state index in [9.17, 15) is 10.1 Å². The molecule has 21 heavy (non-hydrogen) atoms. The molecule has 0 aliphatic carbocycles. The van der Waals surface area contributed by atoms with E-state index in [2.05, 4.69) is 0 Å². The van der Waals surface area contributed by atoms with E-state index >= 15 is 0 Å². The summed E-state index contributed by atoms with van der Waals surface area (Å²) in [6.45, 7) is 0. The fourth-order valence-electron chi connectivity index (χ4n) is 2.16. The number of para-hydroxylation sites is 3. The third-order valence-corrected chi connectivity index (χ3v) is 4.30. The number of oxazole rings is 1. The van der Waals surface area contributed by atoms with Gasteiger partial charge >= 0.3 is 5.22 Å². The van der Waals surface area contributed by atoms with Gasteiger partial charge in [-0.2, -0.15) is 4.57 Å². The van der Waals surface area contributed by atoms with Crippen molar-refractivity contribution in [3.63, 3.8) is 0 Å². The number of aryl methyl sites for hydroxylation is 1. The molecule has 0 atom stereocenters. The van der Waals surface area contributed by atoms with Crippen LogP contribution in [0.4, 0.5) is 5.69 Å². The van der Waals surface area contributed by atoms with Crippen LogP contribution in [0.1, 0.15) is 5.56 Å². The molecule has 1 aromatic heterocycles. The summed E-state index contributed by atoms with van der Waals surface area (Å²) in [5, 5.41) is 11.7. The predicted octanol–water partition coefficient (Wildman–Crippen LogP) is 3.46. The lowest BCUT2D eigenvalue weighted by Crippen LogP contribution is -2.28. The second kappa shape index (κ2) is 5.57. The van der Waals surface area contributed by atoms with Gasteiger partial charge in [-0.15, -0.1) is 0 Å². The Hall–Kier alpha value is -2.34. The van der Waals surface area contributed by atoms with Crippen LogP contribution in [0.5, 0.6) is 0 Å². The molecular formula is C15H13N2O3S+. The molecule has 0 aliphatic rings. The van der Waals surface area contributed by atoms with Gasteiger partial charge in [-0.05, 0) is 17.8 Å². The van der Waals surface area contributed by atoms with E-state index in [0.717, 1.165) is 16.3 Å². The monoisotopic (exact) mass is 301 g/mol. The van der Waals surface area contributed by atoms with Gasteiger partial charge in [0.25, 0.3) is 11.2 Å². The average molecular weight is 301 g/mol. The van der Waals surface area contributed by atoms with Crippen LogP contribution in [0.3, 0.4) is 0 Å². The Kier molecular flexibility index (Phi) is 3.62. The predicted molar refractivity (Wildman–Crippen MR) is 80.0 cm³/mol. The van der Waals surface area contributed by atoms with Gasteiger partial charge < -0.3 is 4.42 Å². The van der Waals surface area contributed by atoms with E-state index < -0.39 is 0 Å². The summed E-state index contributed by atoms with van der Waals surface area (Å²) in [7, 11) is 1.92. The Balaban J connectivity index is 1.87. The number of benzene rings is 2. The highest BCUT2D eigenvalue weighted by atomic mass is 32.2. The molecule has 0 bridgehead atoms. The van der Waals surface area contributed by atoms with Gasteiger partial charge in [0.2, 0.25) is 5.58 Å². The average Bonchev–Trinajstić information content (AvgIpc) is 2.82. The molecule has 106 valence electrons. The standard InChI is InChI=1S/C15H13N2O3S/c1-16-13-8-4-5-9-14(13)20-15(16)21-10-11-6-2-3-7-12(11)17(18)19/h2-9H,10H2,1H3/q+1. The zero-order valence-electron chi connectivity index (χ0n) is 11.4. The third kappa shape index (κ3) is 2.62. The molecule has 0 unspecified atom stereocenters. The fourth-order valence-corrected chi connectivity index (χ4v) is 3.12. The Morgan fingerprint density at radius 1 is 1.19 bits per heavy atom. The number of hydrogen-bond acceptors (Lipinski definition) is 4. The molecule has 0 N–H and O–H groups in total. The molecule has 1 heterocycles. The molecular weight excluding hydrogens is 288 g/mol. The zero-order valence-corrected chi connectivity index (χ0v) is 12.2. The minimum absolute atomic E-state index is 0.142. The lowest BCUT2D eigenvalue weighted by Gasteiger charge is -1.99. The molecule has 3 rings (SSSR count). The fraction of sp³-hybridized carbons (Fsp3) is 0.133. The summed E-state index contributed by atoms with van der Waals surface area (Å²) in [6, 6.07) is 14.5. The summed E-state index contributed by atoms with van der Waals surface area (Å²) in [5.41, 5.74) is 2.64. The van der Waals surface area contributed by atoms with Crippen LogP contribution in [0.2, 0.25) is 0 Å². The van der Waals surface area contributed by atoms with Crippen LogP contribution in [-0.4, -0.2) is 4.92 Å². The quantitative estimate of drug-likeness (QED) is 0.320. The van der Waals surface area contributed by atoms with E-state index in [-0.39, 0.29) is 10.6 Å². The molecule has 3 aromatic rings. The van der Waals surface area contributed by atoms with E-state index in [4.69, 9.17) is 4.42 Å². The van der Waals surface area contributed by atoms with Crippen LogP contribution >= 0.6 is 11.8 Å².